The smallest absolute Gasteiger partial charge is 0.137 e. The van der Waals surface area contributed by atoms with E-state index in [0.717, 1.165) is 55.5 Å². The average Bonchev–Trinajstić information content (AvgIpc) is 3.48. The van der Waals surface area contributed by atoms with Crippen molar-refractivity contribution < 1.29 is 4.42 Å². The number of benzene rings is 7. The molecule has 0 spiro atoms. The highest BCUT2D eigenvalue weighted by Gasteiger charge is 2.19. The molecular formula is C43H28N2O. The molecule has 9 rings (SSSR count). The minimum atomic E-state index is 0.845. The molecule has 0 aliphatic carbocycles. The maximum absolute atomic E-state index is 6.50. The summed E-state index contributed by atoms with van der Waals surface area (Å²) < 4.78 is 6.50. The third-order valence-corrected chi connectivity index (χ3v) is 8.89. The van der Waals surface area contributed by atoms with Crippen molar-refractivity contribution in [2.45, 2.75) is 0 Å². The minimum absolute atomic E-state index is 0.845. The van der Waals surface area contributed by atoms with Crippen molar-refractivity contribution in [3.63, 3.8) is 0 Å². The highest BCUT2D eigenvalue weighted by atomic mass is 16.3. The largest absolute Gasteiger partial charge is 0.456 e. The number of rotatable bonds is 5. The van der Waals surface area contributed by atoms with Gasteiger partial charge in [0.25, 0.3) is 0 Å². The van der Waals surface area contributed by atoms with Gasteiger partial charge in [-0.25, -0.2) is 0 Å². The number of nitrogens with zero attached hydrogens (tertiary/aromatic N) is 2. The molecule has 0 saturated heterocycles. The average molecular weight is 589 g/mol. The lowest BCUT2D eigenvalue weighted by molar-refractivity contribution is 0.669. The lowest BCUT2D eigenvalue weighted by atomic mass is 9.97. The molecule has 0 bridgehead atoms. The zero-order valence-electron chi connectivity index (χ0n) is 25.0. The second kappa shape index (κ2) is 10.8. The van der Waals surface area contributed by atoms with Gasteiger partial charge >= 0.3 is 0 Å². The molecule has 3 heteroatoms. The Hall–Kier alpha value is -6.19. The molecule has 0 aliphatic heterocycles. The Kier molecular flexibility index (Phi) is 6.14. The van der Waals surface area contributed by atoms with Crippen LogP contribution in [-0.2, 0) is 0 Å². The van der Waals surface area contributed by atoms with Gasteiger partial charge in [-0.1, -0.05) is 109 Å². The van der Waals surface area contributed by atoms with Crippen LogP contribution < -0.4 is 4.90 Å². The van der Waals surface area contributed by atoms with Crippen molar-refractivity contribution in [3.8, 4) is 22.3 Å². The van der Waals surface area contributed by atoms with Gasteiger partial charge < -0.3 is 9.32 Å². The van der Waals surface area contributed by atoms with E-state index in [4.69, 9.17) is 4.42 Å². The highest BCUT2D eigenvalue weighted by Crippen LogP contribution is 2.43. The Morgan fingerprint density at radius 3 is 2.04 bits per heavy atom. The lowest BCUT2D eigenvalue weighted by Crippen LogP contribution is -2.11. The Balaban J connectivity index is 1.22. The van der Waals surface area contributed by atoms with Crippen LogP contribution in [-0.4, -0.2) is 4.98 Å². The van der Waals surface area contributed by atoms with Gasteiger partial charge in [0.05, 0.1) is 11.2 Å². The summed E-state index contributed by atoms with van der Waals surface area (Å²) in [5, 5.41) is 5.71. The molecule has 216 valence electrons. The van der Waals surface area contributed by atoms with Crippen molar-refractivity contribution in [3.05, 3.63) is 170 Å². The molecule has 0 unspecified atom stereocenters. The molecule has 0 amide bonds. The van der Waals surface area contributed by atoms with Gasteiger partial charge in [-0.3, -0.25) is 4.98 Å². The van der Waals surface area contributed by atoms with Gasteiger partial charge in [-0.05, 0) is 76.0 Å². The SMILES string of the molecule is c1ccc(-c2ccccc2N(c2ccc(-c3cccc4ccccc34)cc2)c2ccc3c(c2)oc2cc4cccnc4cc23)cc1. The zero-order chi connectivity index (χ0) is 30.5. The van der Waals surface area contributed by atoms with Crippen molar-refractivity contribution in [1.29, 1.82) is 0 Å². The molecule has 0 N–H and O–H groups in total. The summed E-state index contributed by atoms with van der Waals surface area (Å²) >= 11 is 0. The molecule has 9 aromatic rings. The second-order valence-electron chi connectivity index (χ2n) is 11.6. The monoisotopic (exact) mass is 588 g/mol. The predicted molar refractivity (Wildman–Crippen MR) is 192 cm³/mol. The van der Waals surface area contributed by atoms with E-state index in [1.807, 2.05) is 12.3 Å². The fraction of sp³-hybridized carbons (Fsp3) is 0. The van der Waals surface area contributed by atoms with Gasteiger partial charge in [0.1, 0.15) is 11.2 Å². The number of aromatic nitrogens is 1. The van der Waals surface area contributed by atoms with E-state index in [-0.39, 0.29) is 0 Å². The Labute approximate surface area is 266 Å². The van der Waals surface area contributed by atoms with Crippen LogP contribution >= 0.6 is 0 Å². The molecule has 0 radical (unpaired) electrons. The number of pyridine rings is 1. The fourth-order valence-corrected chi connectivity index (χ4v) is 6.69. The van der Waals surface area contributed by atoms with E-state index in [1.165, 1.54) is 27.5 Å². The van der Waals surface area contributed by atoms with Gasteiger partial charge in [0.2, 0.25) is 0 Å². The number of para-hydroxylation sites is 1. The van der Waals surface area contributed by atoms with Crippen molar-refractivity contribution in [2.75, 3.05) is 4.90 Å². The first-order valence-electron chi connectivity index (χ1n) is 15.5. The number of fused-ring (bicyclic) bond motifs is 5. The third-order valence-electron chi connectivity index (χ3n) is 8.89. The predicted octanol–water partition coefficient (Wildman–Crippen LogP) is 12.1. The maximum atomic E-state index is 6.50. The fourth-order valence-electron chi connectivity index (χ4n) is 6.69. The number of hydrogen-bond acceptors (Lipinski definition) is 3. The van der Waals surface area contributed by atoms with Crippen LogP contribution in [0.15, 0.2) is 174 Å². The van der Waals surface area contributed by atoms with Crippen molar-refractivity contribution in [2.24, 2.45) is 0 Å². The summed E-state index contributed by atoms with van der Waals surface area (Å²) in [5.74, 6) is 0. The second-order valence-corrected chi connectivity index (χ2v) is 11.6. The maximum Gasteiger partial charge on any atom is 0.137 e. The summed E-state index contributed by atoms with van der Waals surface area (Å²) in [6.07, 6.45) is 1.84. The van der Waals surface area contributed by atoms with E-state index in [0.29, 0.717) is 0 Å². The molecular weight excluding hydrogens is 560 g/mol. The van der Waals surface area contributed by atoms with Crippen LogP contribution in [0.4, 0.5) is 17.1 Å². The Morgan fingerprint density at radius 2 is 1.13 bits per heavy atom. The van der Waals surface area contributed by atoms with Gasteiger partial charge in [0.15, 0.2) is 0 Å². The minimum Gasteiger partial charge on any atom is -0.456 e. The molecule has 7 aromatic carbocycles. The molecule has 2 heterocycles. The highest BCUT2D eigenvalue weighted by molar-refractivity contribution is 6.10. The van der Waals surface area contributed by atoms with E-state index in [2.05, 4.69) is 168 Å². The standard InChI is InChI=1S/C43H28N2O/c1-2-10-30(11-3-1)37-16-6-7-18-41(37)45(33-21-19-31(20-22-33)36-17-8-13-29-12-4-5-15-35(29)36)34-23-24-38-39-28-40-32(14-9-25-44-40)26-42(39)46-43(38)27-34/h1-28H. The first-order valence-corrected chi connectivity index (χ1v) is 15.5. The summed E-state index contributed by atoms with van der Waals surface area (Å²) in [7, 11) is 0. The van der Waals surface area contributed by atoms with Crippen LogP contribution in [0.25, 0.3) is 65.9 Å². The molecule has 2 aromatic heterocycles. The van der Waals surface area contributed by atoms with E-state index >= 15 is 0 Å². The quantitative estimate of drug-likeness (QED) is 0.200. The molecule has 46 heavy (non-hydrogen) atoms. The number of hydrogen-bond donors (Lipinski definition) is 0. The van der Waals surface area contributed by atoms with Crippen molar-refractivity contribution >= 4 is 60.7 Å². The molecule has 0 atom stereocenters. The first-order chi connectivity index (χ1) is 22.8. The van der Waals surface area contributed by atoms with E-state index in [1.54, 1.807) is 0 Å². The summed E-state index contributed by atoms with van der Waals surface area (Å²) in [4.78, 5) is 6.91. The van der Waals surface area contributed by atoms with Crippen LogP contribution in [0.3, 0.4) is 0 Å². The lowest BCUT2D eigenvalue weighted by Gasteiger charge is -2.28. The van der Waals surface area contributed by atoms with Gasteiger partial charge in [-0.2, -0.15) is 0 Å². The summed E-state index contributed by atoms with van der Waals surface area (Å²) in [5.41, 5.74) is 10.6. The van der Waals surface area contributed by atoms with Gasteiger partial charge in [-0.15, -0.1) is 0 Å². The topological polar surface area (TPSA) is 29.3 Å². The van der Waals surface area contributed by atoms with Crippen molar-refractivity contribution in [1.82, 2.24) is 4.98 Å². The Bertz CT molecular complexity index is 2530. The first kappa shape index (κ1) is 26.2. The summed E-state index contributed by atoms with van der Waals surface area (Å²) in [6, 6.07) is 57.9. The molecule has 0 aliphatic rings. The Morgan fingerprint density at radius 1 is 0.435 bits per heavy atom. The zero-order valence-corrected chi connectivity index (χ0v) is 25.0. The van der Waals surface area contributed by atoms with E-state index in [9.17, 15) is 0 Å². The third kappa shape index (κ3) is 4.41. The molecule has 3 nitrogen and oxygen atoms in total. The summed E-state index contributed by atoms with van der Waals surface area (Å²) in [6.45, 7) is 0. The normalized spacial score (nSPS) is 11.5. The van der Waals surface area contributed by atoms with E-state index < -0.39 is 0 Å². The number of furan rings is 1. The van der Waals surface area contributed by atoms with Crippen LogP contribution in [0.2, 0.25) is 0 Å². The van der Waals surface area contributed by atoms with Crippen LogP contribution in [0, 0.1) is 0 Å². The van der Waals surface area contributed by atoms with Gasteiger partial charge in [0, 0.05) is 45.4 Å². The number of anilines is 3. The molecule has 0 fully saturated rings. The molecule has 0 saturated carbocycles. The van der Waals surface area contributed by atoms with Crippen LogP contribution in [0.1, 0.15) is 0 Å². The van der Waals surface area contributed by atoms with Crippen LogP contribution in [0.5, 0.6) is 0 Å².